The zero-order chi connectivity index (χ0) is 14.9. The molecule has 1 aliphatic heterocycles. The van der Waals surface area contributed by atoms with E-state index in [1.165, 1.54) is 0 Å². The normalized spacial score (nSPS) is 19.2. The Morgan fingerprint density at radius 3 is 2.70 bits per heavy atom. The highest BCUT2D eigenvalue weighted by atomic mass is 16.2. The standard InChI is InChI=1S/C14H25N5O/c1-10(2)19-7-6-12(13(19)20)15-8-11-9-16-14(17(3)4)18(11)5/h9-10,12,15H,6-8H2,1-5H3. The second-order valence-electron chi connectivity index (χ2n) is 5.85. The summed E-state index contributed by atoms with van der Waals surface area (Å²) in [6.45, 7) is 5.64. The summed E-state index contributed by atoms with van der Waals surface area (Å²) in [5.74, 6) is 1.14. The van der Waals surface area contributed by atoms with E-state index in [1.54, 1.807) is 0 Å². The third-order valence-corrected chi connectivity index (χ3v) is 3.85. The Labute approximate surface area is 120 Å². The first-order valence-electron chi connectivity index (χ1n) is 7.13. The van der Waals surface area contributed by atoms with Crippen molar-refractivity contribution >= 4 is 11.9 Å². The number of nitrogens with one attached hydrogen (secondary N) is 1. The first-order chi connectivity index (χ1) is 9.41. The van der Waals surface area contributed by atoms with Crippen LogP contribution in [0.1, 0.15) is 26.0 Å². The molecule has 1 aromatic rings. The topological polar surface area (TPSA) is 53.4 Å². The van der Waals surface area contributed by atoms with Gasteiger partial charge in [0.05, 0.1) is 17.9 Å². The molecule has 112 valence electrons. The van der Waals surface area contributed by atoms with Crippen molar-refractivity contribution in [2.24, 2.45) is 7.05 Å². The van der Waals surface area contributed by atoms with Crippen molar-refractivity contribution in [2.75, 3.05) is 25.5 Å². The van der Waals surface area contributed by atoms with Gasteiger partial charge < -0.3 is 19.7 Å². The summed E-state index contributed by atoms with van der Waals surface area (Å²) in [6, 6.07) is 0.224. The molecule has 0 aliphatic carbocycles. The van der Waals surface area contributed by atoms with E-state index < -0.39 is 0 Å². The minimum atomic E-state index is -0.0601. The van der Waals surface area contributed by atoms with Gasteiger partial charge in [-0.2, -0.15) is 0 Å². The van der Waals surface area contributed by atoms with Crippen molar-refractivity contribution in [3.8, 4) is 0 Å². The number of imidazole rings is 1. The molecule has 1 saturated heterocycles. The third kappa shape index (κ3) is 2.80. The molecule has 2 heterocycles. The van der Waals surface area contributed by atoms with E-state index in [1.807, 2.05) is 41.7 Å². The molecule has 1 amide bonds. The monoisotopic (exact) mass is 279 g/mol. The van der Waals surface area contributed by atoms with E-state index in [9.17, 15) is 4.79 Å². The molecule has 1 fully saturated rings. The minimum Gasteiger partial charge on any atom is -0.348 e. The van der Waals surface area contributed by atoms with E-state index in [2.05, 4.69) is 24.1 Å². The smallest absolute Gasteiger partial charge is 0.240 e. The highest BCUT2D eigenvalue weighted by molar-refractivity contribution is 5.84. The van der Waals surface area contributed by atoms with E-state index in [0.717, 1.165) is 24.6 Å². The van der Waals surface area contributed by atoms with Crippen LogP contribution in [0.2, 0.25) is 0 Å². The maximum Gasteiger partial charge on any atom is 0.240 e. The van der Waals surface area contributed by atoms with Crippen LogP contribution in [0.5, 0.6) is 0 Å². The number of likely N-dealkylation sites (tertiary alicyclic amines) is 1. The molecular weight excluding hydrogens is 254 g/mol. The molecule has 1 aromatic heterocycles. The van der Waals surface area contributed by atoms with Crippen LogP contribution in [0.3, 0.4) is 0 Å². The number of amides is 1. The van der Waals surface area contributed by atoms with Crippen molar-refractivity contribution in [2.45, 2.75) is 38.9 Å². The molecule has 0 bridgehead atoms. The summed E-state index contributed by atoms with van der Waals surface area (Å²) in [6.07, 6.45) is 2.75. The molecule has 0 spiro atoms. The Bertz CT molecular complexity index is 480. The lowest BCUT2D eigenvalue weighted by Crippen LogP contribution is -2.40. The molecule has 0 saturated carbocycles. The highest BCUT2D eigenvalue weighted by Gasteiger charge is 2.32. The van der Waals surface area contributed by atoms with Crippen molar-refractivity contribution in [1.82, 2.24) is 19.8 Å². The van der Waals surface area contributed by atoms with Crippen LogP contribution < -0.4 is 10.2 Å². The summed E-state index contributed by atoms with van der Waals surface area (Å²) in [5, 5.41) is 3.36. The Morgan fingerprint density at radius 2 is 2.20 bits per heavy atom. The summed E-state index contributed by atoms with van der Waals surface area (Å²) in [4.78, 5) is 20.5. The number of aromatic nitrogens is 2. The molecule has 1 aliphatic rings. The van der Waals surface area contributed by atoms with E-state index in [4.69, 9.17) is 0 Å². The molecule has 1 atom stereocenters. The van der Waals surface area contributed by atoms with Crippen molar-refractivity contribution in [3.05, 3.63) is 11.9 Å². The third-order valence-electron chi connectivity index (χ3n) is 3.85. The Balaban J connectivity index is 1.95. The van der Waals surface area contributed by atoms with Crippen molar-refractivity contribution in [1.29, 1.82) is 0 Å². The molecule has 6 heteroatoms. The lowest BCUT2D eigenvalue weighted by atomic mass is 10.2. The molecule has 20 heavy (non-hydrogen) atoms. The van der Waals surface area contributed by atoms with Crippen LogP contribution in [0.25, 0.3) is 0 Å². The van der Waals surface area contributed by atoms with Crippen LogP contribution in [-0.4, -0.2) is 53.1 Å². The summed E-state index contributed by atoms with van der Waals surface area (Å²) in [7, 11) is 5.94. The van der Waals surface area contributed by atoms with Gasteiger partial charge in [-0.25, -0.2) is 4.98 Å². The van der Waals surface area contributed by atoms with Gasteiger partial charge in [0.2, 0.25) is 11.9 Å². The first-order valence-corrected chi connectivity index (χ1v) is 7.13. The predicted octanol–water partition coefficient (Wildman–Crippen LogP) is 0.585. The van der Waals surface area contributed by atoms with Gasteiger partial charge >= 0.3 is 0 Å². The number of carbonyl (C=O) groups excluding carboxylic acids is 1. The van der Waals surface area contributed by atoms with Gasteiger partial charge in [0.25, 0.3) is 0 Å². The second-order valence-corrected chi connectivity index (χ2v) is 5.85. The Morgan fingerprint density at radius 1 is 1.50 bits per heavy atom. The average Bonchev–Trinajstić information content (AvgIpc) is 2.91. The van der Waals surface area contributed by atoms with Gasteiger partial charge in [-0.05, 0) is 20.3 Å². The van der Waals surface area contributed by atoms with Gasteiger partial charge in [0.15, 0.2) is 0 Å². The molecule has 1 unspecified atom stereocenters. The van der Waals surface area contributed by atoms with Gasteiger partial charge in [-0.3, -0.25) is 4.79 Å². The molecular formula is C14H25N5O. The van der Waals surface area contributed by atoms with Crippen LogP contribution in [0.15, 0.2) is 6.20 Å². The number of hydrogen-bond donors (Lipinski definition) is 1. The predicted molar refractivity (Wildman–Crippen MR) is 79.6 cm³/mol. The maximum absolute atomic E-state index is 12.2. The lowest BCUT2D eigenvalue weighted by Gasteiger charge is -2.21. The van der Waals surface area contributed by atoms with Crippen LogP contribution in [-0.2, 0) is 18.4 Å². The van der Waals surface area contributed by atoms with Gasteiger partial charge in [0.1, 0.15) is 0 Å². The quantitative estimate of drug-likeness (QED) is 0.857. The van der Waals surface area contributed by atoms with Gasteiger partial charge in [-0.1, -0.05) is 0 Å². The SMILES string of the molecule is CC(C)N1CCC(NCc2cnc(N(C)C)n2C)C1=O. The van der Waals surface area contributed by atoms with E-state index >= 15 is 0 Å². The number of carbonyl (C=O) groups is 1. The zero-order valence-corrected chi connectivity index (χ0v) is 13.1. The Hall–Kier alpha value is -1.56. The van der Waals surface area contributed by atoms with Crippen molar-refractivity contribution in [3.63, 3.8) is 0 Å². The molecule has 1 N–H and O–H groups in total. The molecule has 0 radical (unpaired) electrons. The molecule has 6 nitrogen and oxygen atoms in total. The fraction of sp³-hybridized carbons (Fsp3) is 0.714. The van der Waals surface area contributed by atoms with E-state index in [0.29, 0.717) is 6.54 Å². The number of hydrogen-bond acceptors (Lipinski definition) is 4. The maximum atomic E-state index is 12.2. The molecule has 2 rings (SSSR count). The minimum absolute atomic E-state index is 0.0601. The number of nitrogens with zero attached hydrogens (tertiary/aromatic N) is 4. The van der Waals surface area contributed by atoms with Gasteiger partial charge in [0, 0.05) is 40.3 Å². The van der Waals surface area contributed by atoms with Crippen LogP contribution in [0.4, 0.5) is 5.95 Å². The van der Waals surface area contributed by atoms with Gasteiger partial charge in [-0.15, -0.1) is 0 Å². The number of anilines is 1. The lowest BCUT2D eigenvalue weighted by molar-refractivity contribution is -0.130. The highest BCUT2D eigenvalue weighted by Crippen LogP contribution is 2.16. The van der Waals surface area contributed by atoms with Crippen molar-refractivity contribution < 1.29 is 4.79 Å². The van der Waals surface area contributed by atoms with Crippen LogP contribution in [0, 0.1) is 0 Å². The average molecular weight is 279 g/mol. The van der Waals surface area contributed by atoms with E-state index in [-0.39, 0.29) is 18.0 Å². The number of rotatable bonds is 5. The fourth-order valence-electron chi connectivity index (χ4n) is 2.65. The first kappa shape index (κ1) is 14.8. The Kier molecular flexibility index (Phi) is 4.32. The summed E-state index contributed by atoms with van der Waals surface area (Å²) in [5.41, 5.74) is 1.09. The fourth-order valence-corrected chi connectivity index (χ4v) is 2.65. The molecule has 0 aromatic carbocycles. The largest absolute Gasteiger partial charge is 0.348 e. The van der Waals surface area contributed by atoms with Crippen LogP contribution >= 0.6 is 0 Å². The second kappa shape index (κ2) is 5.83. The zero-order valence-electron chi connectivity index (χ0n) is 13.1. The summed E-state index contributed by atoms with van der Waals surface area (Å²) >= 11 is 0. The summed E-state index contributed by atoms with van der Waals surface area (Å²) < 4.78 is 2.05.